The Morgan fingerprint density at radius 3 is 2.38 bits per heavy atom. The second kappa shape index (κ2) is 7.40. The molecule has 1 spiro atoms. The molecule has 32 heavy (non-hydrogen) atoms. The van der Waals surface area contributed by atoms with E-state index in [0.29, 0.717) is 37.1 Å². The smallest absolute Gasteiger partial charge is 0.192 e. The summed E-state index contributed by atoms with van der Waals surface area (Å²) in [5, 5.41) is 11.8. The van der Waals surface area contributed by atoms with E-state index < -0.39 is 20.2 Å². The van der Waals surface area contributed by atoms with Gasteiger partial charge in [0.05, 0.1) is 24.7 Å². The zero-order valence-electron chi connectivity index (χ0n) is 21.5. The molecule has 0 bridgehead atoms. The molecule has 0 radical (unpaired) electrons. The summed E-state index contributed by atoms with van der Waals surface area (Å²) in [4.78, 5) is 0. The molecular formula is C27H46O4Si. The van der Waals surface area contributed by atoms with Crippen molar-refractivity contribution in [3.63, 3.8) is 0 Å². The second-order valence-corrected chi connectivity index (χ2v) is 18.3. The first-order valence-electron chi connectivity index (χ1n) is 13.2. The molecule has 1 saturated heterocycles. The molecule has 0 aromatic rings. The van der Waals surface area contributed by atoms with Gasteiger partial charge in [-0.25, -0.2) is 0 Å². The first-order chi connectivity index (χ1) is 14.8. The standard InChI is InChI=1S/C27H46O4Si/c1-24(2,3)32(6,7)31-19-10-12-25(4)18(16-19)8-9-20-21-11-13-27(29-14-15-30-27)26(21,5)23(28)17-22(20)25/h17-21,23,28H,8-16H2,1-7H3/t18-,19?,20?,21?,23+,25+,26-/m1/s1. The number of ether oxygens (including phenoxy) is 2. The van der Waals surface area contributed by atoms with E-state index in [1.165, 1.54) is 25.7 Å². The molecule has 182 valence electrons. The Morgan fingerprint density at radius 2 is 1.72 bits per heavy atom. The number of hydrogen-bond acceptors (Lipinski definition) is 4. The van der Waals surface area contributed by atoms with Crippen molar-refractivity contribution in [3.05, 3.63) is 11.6 Å². The summed E-state index contributed by atoms with van der Waals surface area (Å²) in [5.41, 5.74) is 1.43. The average Bonchev–Trinajstić information content (AvgIpc) is 3.29. The number of hydrogen-bond donors (Lipinski definition) is 1. The maximum atomic E-state index is 11.5. The van der Waals surface area contributed by atoms with Crippen LogP contribution in [0, 0.1) is 28.6 Å². The molecule has 7 atom stereocenters. The Morgan fingerprint density at radius 1 is 1.03 bits per heavy atom. The van der Waals surface area contributed by atoms with Crippen molar-refractivity contribution in [1.82, 2.24) is 0 Å². The third-order valence-corrected chi connectivity index (χ3v) is 15.7. The fraction of sp³-hybridized carbons (Fsp3) is 0.926. The van der Waals surface area contributed by atoms with Gasteiger partial charge >= 0.3 is 0 Å². The van der Waals surface area contributed by atoms with Crippen LogP contribution >= 0.6 is 0 Å². The van der Waals surface area contributed by atoms with E-state index in [4.69, 9.17) is 13.9 Å². The molecule has 4 aliphatic carbocycles. The molecule has 4 nitrogen and oxygen atoms in total. The minimum Gasteiger partial charge on any atom is -0.414 e. The van der Waals surface area contributed by atoms with Crippen LogP contribution in [0.25, 0.3) is 0 Å². The van der Waals surface area contributed by atoms with Crippen LogP contribution in [0.3, 0.4) is 0 Å². The maximum Gasteiger partial charge on any atom is 0.192 e. The van der Waals surface area contributed by atoms with Gasteiger partial charge in [-0.15, -0.1) is 0 Å². The zero-order chi connectivity index (χ0) is 23.2. The molecule has 0 aromatic carbocycles. The molecule has 5 heteroatoms. The lowest BCUT2D eigenvalue weighted by Crippen LogP contribution is -2.58. The third-order valence-electron chi connectivity index (χ3n) is 11.2. The van der Waals surface area contributed by atoms with Crippen LogP contribution in [0.4, 0.5) is 0 Å². The Bertz CT molecular complexity index is 779. The number of rotatable bonds is 2. The molecule has 1 heterocycles. The maximum absolute atomic E-state index is 11.5. The molecule has 0 aromatic heterocycles. The summed E-state index contributed by atoms with van der Waals surface area (Å²) >= 11 is 0. The molecule has 5 rings (SSSR count). The molecule has 3 saturated carbocycles. The highest BCUT2D eigenvalue weighted by Gasteiger charge is 2.68. The van der Waals surface area contributed by atoms with Crippen LogP contribution in [0.5, 0.6) is 0 Å². The Hall–Kier alpha value is -0.203. The number of aliphatic hydroxyl groups excluding tert-OH is 1. The van der Waals surface area contributed by atoms with Crippen molar-refractivity contribution < 1.29 is 19.0 Å². The van der Waals surface area contributed by atoms with Gasteiger partial charge in [0.25, 0.3) is 0 Å². The van der Waals surface area contributed by atoms with Crippen molar-refractivity contribution in [2.75, 3.05) is 13.2 Å². The van der Waals surface area contributed by atoms with Crippen molar-refractivity contribution >= 4 is 8.32 Å². The van der Waals surface area contributed by atoms with Gasteiger partial charge in [0.15, 0.2) is 14.1 Å². The van der Waals surface area contributed by atoms with E-state index in [-0.39, 0.29) is 15.9 Å². The average molecular weight is 463 g/mol. The molecule has 3 unspecified atom stereocenters. The highest BCUT2D eigenvalue weighted by atomic mass is 28.4. The molecular weight excluding hydrogens is 416 g/mol. The van der Waals surface area contributed by atoms with E-state index in [1.54, 1.807) is 5.57 Å². The van der Waals surface area contributed by atoms with Gasteiger partial charge in [0, 0.05) is 12.5 Å². The van der Waals surface area contributed by atoms with E-state index in [9.17, 15) is 5.11 Å². The summed E-state index contributed by atoms with van der Waals surface area (Å²) < 4.78 is 19.3. The summed E-state index contributed by atoms with van der Waals surface area (Å²) in [5.74, 6) is 1.11. The van der Waals surface area contributed by atoms with Gasteiger partial charge in [-0.1, -0.05) is 46.3 Å². The lowest BCUT2D eigenvalue weighted by atomic mass is 9.48. The number of aliphatic hydroxyl groups is 1. The predicted molar refractivity (Wildman–Crippen MR) is 130 cm³/mol. The summed E-state index contributed by atoms with van der Waals surface area (Å²) in [6.45, 7) is 17.9. The molecule has 5 aliphatic rings. The second-order valence-electron chi connectivity index (χ2n) is 13.5. The van der Waals surface area contributed by atoms with Crippen LogP contribution in [0.1, 0.15) is 79.6 Å². The van der Waals surface area contributed by atoms with E-state index in [0.717, 1.165) is 19.3 Å². The zero-order valence-corrected chi connectivity index (χ0v) is 22.5. The first-order valence-corrected chi connectivity index (χ1v) is 16.1. The van der Waals surface area contributed by atoms with Gasteiger partial charge in [0.2, 0.25) is 0 Å². The summed E-state index contributed by atoms with van der Waals surface area (Å²) in [7, 11) is -1.75. The van der Waals surface area contributed by atoms with Gasteiger partial charge < -0.3 is 19.0 Å². The van der Waals surface area contributed by atoms with Crippen molar-refractivity contribution in [2.24, 2.45) is 28.6 Å². The van der Waals surface area contributed by atoms with Crippen LogP contribution < -0.4 is 0 Å². The monoisotopic (exact) mass is 462 g/mol. The van der Waals surface area contributed by atoms with E-state index in [1.807, 2.05) is 0 Å². The lowest BCUT2D eigenvalue weighted by Gasteiger charge is -2.59. The Balaban J connectivity index is 1.39. The van der Waals surface area contributed by atoms with Crippen LogP contribution in [0.2, 0.25) is 18.1 Å². The largest absolute Gasteiger partial charge is 0.414 e. The van der Waals surface area contributed by atoms with Crippen LogP contribution in [-0.2, 0) is 13.9 Å². The number of fused-ring (bicyclic) bond motifs is 6. The fourth-order valence-electron chi connectivity index (χ4n) is 8.08. The minimum absolute atomic E-state index is 0.200. The normalized spacial score (nSPS) is 45.9. The van der Waals surface area contributed by atoms with Crippen molar-refractivity contribution in [3.8, 4) is 0 Å². The first kappa shape index (κ1) is 23.5. The van der Waals surface area contributed by atoms with E-state index >= 15 is 0 Å². The van der Waals surface area contributed by atoms with Gasteiger partial charge in [0.1, 0.15) is 0 Å². The molecule has 4 fully saturated rings. The molecule has 1 N–H and O–H groups in total. The topological polar surface area (TPSA) is 47.9 Å². The van der Waals surface area contributed by atoms with Crippen molar-refractivity contribution in [1.29, 1.82) is 0 Å². The third kappa shape index (κ3) is 3.13. The Kier molecular flexibility index (Phi) is 5.44. The lowest BCUT2D eigenvalue weighted by molar-refractivity contribution is -0.252. The van der Waals surface area contributed by atoms with Gasteiger partial charge in [-0.2, -0.15) is 0 Å². The molecule has 0 amide bonds. The number of allylic oxidation sites excluding steroid dienone is 1. The fourth-order valence-corrected chi connectivity index (χ4v) is 9.48. The van der Waals surface area contributed by atoms with Crippen LogP contribution in [-0.4, -0.2) is 44.6 Å². The van der Waals surface area contributed by atoms with Crippen molar-refractivity contribution in [2.45, 2.75) is 116 Å². The Labute approximate surface area is 196 Å². The summed E-state index contributed by atoms with van der Waals surface area (Å²) in [6, 6.07) is 0. The molecule has 1 aliphatic heterocycles. The summed E-state index contributed by atoms with van der Waals surface area (Å²) in [6.07, 6.45) is 10.2. The highest BCUT2D eigenvalue weighted by molar-refractivity contribution is 6.74. The van der Waals surface area contributed by atoms with Gasteiger partial charge in [-0.3, -0.25) is 0 Å². The van der Waals surface area contributed by atoms with Gasteiger partial charge in [-0.05, 0) is 79.8 Å². The van der Waals surface area contributed by atoms with Crippen LogP contribution in [0.15, 0.2) is 11.6 Å². The SMILES string of the molecule is CC(C)(C)[Si](C)(C)OC1CC[C@]2(C)C3=C[C@H](O)[C@@]4(C)C(CCC45OCCO5)C3CC[C@@H]2C1. The highest BCUT2D eigenvalue weighted by Crippen LogP contribution is 2.67. The van der Waals surface area contributed by atoms with E-state index in [2.05, 4.69) is 53.8 Å². The predicted octanol–water partition coefficient (Wildman–Crippen LogP) is 6.05. The quantitative estimate of drug-likeness (QED) is 0.401. The minimum atomic E-state index is -1.75.